The van der Waals surface area contributed by atoms with Gasteiger partial charge in [-0.3, -0.25) is 0 Å². The molecule has 0 aliphatic carbocycles. The number of benzene rings is 3. The highest BCUT2D eigenvalue weighted by atomic mass is 16.5. The highest BCUT2D eigenvalue weighted by molar-refractivity contribution is 5.63. The van der Waals surface area contributed by atoms with E-state index in [0.717, 1.165) is 23.4 Å². The Morgan fingerprint density at radius 2 is 1.64 bits per heavy atom. The standard InChI is InChI=1S/C23H21N3O2/c1-27-21-14-8-6-12-19(21)23-25-22(28-26-23)16-24-20-13-7-5-11-18(20)15-17-9-3-2-4-10-17/h2-14,24H,15-16H2,1H3. The molecule has 1 aromatic heterocycles. The van der Waals surface area contributed by atoms with Crippen LogP contribution in [0.5, 0.6) is 5.75 Å². The number of methoxy groups -OCH3 is 1. The minimum atomic E-state index is 0.452. The van der Waals surface area contributed by atoms with Crippen molar-refractivity contribution in [2.45, 2.75) is 13.0 Å². The van der Waals surface area contributed by atoms with Crippen molar-refractivity contribution < 1.29 is 9.26 Å². The number of ether oxygens (including phenoxy) is 1. The summed E-state index contributed by atoms with van der Waals surface area (Å²) in [6, 6.07) is 26.3. The van der Waals surface area contributed by atoms with Crippen LogP contribution in [-0.2, 0) is 13.0 Å². The van der Waals surface area contributed by atoms with Crippen molar-refractivity contribution in [3.05, 3.63) is 95.9 Å². The van der Waals surface area contributed by atoms with Crippen LogP contribution in [0.25, 0.3) is 11.4 Å². The van der Waals surface area contributed by atoms with Crippen molar-refractivity contribution in [3.8, 4) is 17.1 Å². The second-order valence-corrected chi connectivity index (χ2v) is 6.39. The fourth-order valence-corrected chi connectivity index (χ4v) is 3.10. The number of hydrogen-bond donors (Lipinski definition) is 1. The average Bonchev–Trinajstić information content (AvgIpc) is 3.23. The monoisotopic (exact) mass is 371 g/mol. The number of para-hydroxylation sites is 2. The van der Waals surface area contributed by atoms with E-state index in [0.29, 0.717) is 18.3 Å². The summed E-state index contributed by atoms with van der Waals surface area (Å²) in [6.45, 7) is 0.452. The molecule has 0 spiro atoms. The normalized spacial score (nSPS) is 10.6. The highest BCUT2D eigenvalue weighted by Gasteiger charge is 2.13. The molecular formula is C23H21N3O2. The number of rotatable bonds is 7. The van der Waals surface area contributed by atoms with Gasteiger partial charge in [-0.1, -0.05) is 65.8 Å². The van der Waals surface area contributed by atoms with Gasteiger partial charge in [0.25, 0.3) is 0 Å². The SMILES string of the molecule is COc1ccccc1-c1noc(CNc2ccccc2Cc2ccccc2)n1. The molecule has 1 heterocycles. The summed E-state index contributed by atoms with van der Waals surface area (Å²) in [5.74, 6) is 1.76. The summed E-state index contributed by atoms with van der Waals surface area (Å²) in [5, 5.41) is 7.51. The van der Waals surface area contributed by atoms with Gasteiger partial charge in [0, 0.05) is 5.69 Å². The highest BCUT2D eigenvalue weighted by Crippen LogP contribution is 2.27. The summed E-state index contributed by atoms with van der Waals surface area (Å²) in [7, 11) is 1.63. The number of anilines is 1. The molecule has 28 heavy (non-hydrogen) atoms. The number of nitrogens with one attached hydrogen (secondary N) is 1. The van der Waals surface area contributed by atoms with Crippen molar-refractivity contribution in [2.75, 3.05) is 12.4 Å². The van der Waals surface area contributed by atoms with E-state index in [4.69, 9.17) is 9.26 Å². The predicted molar refractivity (Wildman–Crippen MR) is 109 cm³/mol. The summed E-state index contributed by atoms with van der Waals surface area (Å²) >= 11 is 0. The smallest absolute Gasteiger partial charge is 0.246 e. The quantitative estimate of drug-likeness (QED) is 0.498. The third-order valence-corrected chi connectivity index (χ3v) is 4.50. The van der Waals surface area contributed by atoms with Gasteiger partial charge < -0.3 is 14.6 Å². The van der Waals surface area contributed by atoms with Crippen molar-refractivity contribution >= 4 is 5.69 Å². The molecule has 5 heteroatoms. The first kappa shape index (κ1) is 17.8. The molecule has 0 atom stereocenters. The third-order valence-electron chi connectivity index (χ3n) is 4.50. The Hall–Kier alpha value is -3.60. The van der Waals surface area contributed by atoms with E-state index in [1.165, 1.54) is 11.1 Å². The first-order valence-corrected chi connectivity index (χ1v) is 9.15. The fourth-order valence-electron chi connectivity index (χ4n) is 3.10. The van der Waals surface area contributed by atoms with Gasteiger partial charge >= 0.3 is 0 Å². The average molecular weight is 371 g/mol. The molecule has 4 aromatic rings. The Morgan fingerprint density at radius 3 is 2.50 bits per heavy atom. The number of nitrogens with zero attached hydrogens (tertiary/aromatic N) is 2. The lowest BCUT2D eigenvalue weighted by molar-refractivity contribution is 0.383. The fraction of sp³-hybridized carbons (Fsp3) is 0.130. The second kappa shape index (κ2) is 8.39. The molecule has 3 aromatic carbocycles. The molecule has 0 saturated carbocycles. The van der Waals surface area contributed by atoms with Gasteiger partial charge in [0.15, 0.2) is 0 Å². The van der Waals surface area contributed by atoms with Crippen molar-refractivity contribution in [3.63, 3.8) is 0 Å². The Bertz CT molecular complexity index is 1040. The van der Waals surface area contributed by atoms with Crippen molar-refractivity contribution in [1.82, 2.24) is 10.1 Å². The van der Waals surface area contributed by atoms with Gasteiger partial charge in [0.1, 0.15) is 5.75 Å². The summed E-state index contributed by atoms with van der Waals surface area (Å²) in [5.41, 5.74) is 4.36. The molecule has 0 unspecified atom stereocenters. The van der Waals surface area contributed by atoms with E-state index in [-0.39, 0.29) is 0 Å². The minimum absolute atomic E-state index is 0.452. The lowest BCUT2D eigenvalue weighted by Crippen LogP contribution is -2.03. The largest absolute Gasteiger partial charge is 0.496 e. The predicted octanol–water partition coefficient (Wildman–Crippen LogP) is 4.95. The van der Waals surface area contributed by atoms with E-state index in [1.807, 2.05) is 36.4 Å². The number of aromatic nitrogens is 2. The first-order chi connectivity index (χ1) is 13.8. The van der Waals surface area contributed by atoms with Gasteiger partial charge in [0.05, 0.1) is 19.2 Å². The molecule has 140 valence electrons. The Kier molecular flexibility index (Phi) is 5.33. The molecule has 0 amide bonds. The third kappa shape index (κ3) is 4.04. The molecule has 1 N–H and O–H groups in total. The molecule has 0 aliphatic rings. The van der Waals surface area contributed by atoms with Crippen molar-refractivity contribution in [1.29, 1.82) is 0 Å². The van der Waals surface area contributed by atoms with Crippen LogP contribution in [0, 0.1) is 0 Å². The molecule has 0 radical (unpaired) electrons. The van der Waals surface area contributed by atoms with Crippen LogP contribution in [0.1, 0.15) is 17.0 Å². The lowest BCUT2D eigenvalue weighted by atomic mass is 10.0. The van der Waals surface area contributed by atoms with E-state index in [2.05, 4.69) is 57.9 Å². The molecule has 0 aliphatic heterocycles. The van der Waals surface area contributed by atoms with Crippen LogP contribution in [0.4, 0.5) is 5.69 Å². The van der Waals surface area contributed by atoms with Gasteiger partial charge in [0.2, 0.25) is 11.7 Å². The van der Waals surface area contributed by atoms with Gasteiger partial charge in [-0.15, -0.1) is 0 Å². The van der Waals surface area contributed by atoms with Crippen LogP contribution in [0.3, 0.4) is 0 Å². The molecular weight excluding hydrogens is 350 g/mol. The maximum atomic E-state index is 5.42. The van der Waals surface area contributed by atoms with Gasteiger partial charge in [-0.2, -0.15) is 4.98 Å². The zero-order valence-electron chi connectivity index (χ0n) is 15.6. The Balaban J connectivity index is 1.48. The molecule has 0 saturated heterocycles. The van der Waals surface area contributed by atoms with Crippen molar-refractivity contribution in [2.24, 2.45) is 0 Å². The summed E-state index contributed by atoms with van der Waals surface area (Å²) in [6.07, 6.45) is 0.861. The van der Waals surface area contributed by atoms with Crippen LogP contribution < -0.4 is 10.1 Å². The molecule has 5 nitrogen and oxygen atoms in total. The van der Waals surface area contributed by atoms with Crippen LogP contribution in [-0.4, -0.2) is 17.3 Å². The van der Waals surface area contributed by atoms with E-state index < -0.39 is 0 Å². The Labute approximate surface area is 164 Å². The lowest BCUT2D eigenvalue weighted by Gasteiger charge is -2.10. The van der Waals surface area contributed by atoms with E-state index in [1.54, 1.807) is 7.11 Å². The van der Waals surface area contributed by atoms with Crippen LogP contribution >= 0.6 is 0 Å². The van der Waals surface area contributed by atoms with Gasteiger partial charge in [-0.25, -0.2) is 0 Å². The van der Waals surface area contributed by atoms with E-state index in [9.17, 15) is 0 Å². The van der Waals surface area contributed by atoms with Crippen LogP contribution in [0.15, 0.2) is 83.4 Å². The first-order valence-electron chi connectivity index (χ1n) is 9.15. The Morgan fingerprint density at radius 1 is 0.893 bits per heavy atom. The van der Waals surface area contributed by atoms with E-state index >= 15 is 0 Å². The second-order valence-electron chi connectivity index (χ2n) is 6.39. The summed E-state index contributed by atoms with van der Waals surface area (Å²) in [4.78, 5) is 4.50. The zero-order valence-corrected chi connectivity index (χ0v) is 15.6. The molecule has 4 rings (SSSR count). The zero-order chi connectivity index (χ0) is 19.2. The summed E-state index contributed by atoms with van der Waals surface area (Å²) < 4.78 is 10.8. The topological polar surface area (TPSA) is 60.2 Å². The maximum Gasteiger partial charge on any atom is 0.246 e. The van der Waals surface area contributed by atoms with Crippen LogP contribution in [0.2, 0.25) is 0 Å². The minimum Gasteiger partial charge on any atom is -0.496 e. The maximum absolute atomic E-state index is 5.42. The molecule has 0 bridgehead atoms. The molecule has 0 fully saturated rings. The number of hydrogen-bond acceptors (Lipinski definition) is 5. The van der Waals surface area contributed by atoms with Gasteiger partial charge in [-0.05, 0) is 35.7 Å².